The first kappa shape index (κ1) is 15.4. The van der Waals surface area contributed by atoms with Gasteiger partial charge in [0.1, 0.15) is 0 Å². The zero-order valence-corrected chi connectivity index (χ0v) is 11.5. The molecule has 0 spiro atoms. The Balaban J connectivity index is 4.03. The van der Waals surface area contributed by atoms with Crippen molar-refractivity contribution in [3.8, 4) is 0 Å². The van der Waals surface area contributed by atoms with Crippen molar-refractivity contribution in [1.82, 2.24) is 10.2 Å². The van der Waals surface area contributed by atoms with Crippen LogP contribution in [0.2, 0.25) is 0 Å². The lowest BCUT2D eigenvalue weighted by atomic mass is 10.1. The monoisotopic (exact) mass is 228 g/mol. The largest absolute Gasteiger partial charge is 0.342 e. The fraction of sp³-hybridized carbons (Fsp3) is 0.923. The molecule has 0 saturated carbocycles. The normalized spacial score (nSPS) is 14.6. The molecule has 16 heavy (non-hydrogen) atoms. The quantitative estimate of drug-likeness (QED) is 0.692. The second-order valence-electron chi connectivity index (χ2n) is 4.44. The molecule has 0 fully saturated rings. The summed E-state index contributed by atoms with van der Waals surface area (Å²) in [5.41, 5.74) is 0. The Labute approximate surface area is 101 Å². The standard InChI is InChI=1S/C13H28N2O/c1-6-9-10-11(4)14-12(5)13(16)15(7-2)8-3/h11-12,14H,6-10H2,1-5H3. The molecule has 0 radical (unpaired) electrons. The number of nitrogens with one attached hydrogen (secondary N) is 1. The number of hydrogen-bond acceptors (Lipinski definition) is 2. The van der Waals surface area contributed by atoms with Crippen molar-refractivity contribution in [2.24, 2.45) is 0 Å². The fourth-order valence-corrected chi connectivity index (χ4v) is 1.90. The smallest absolute Gasteiger partial charge is 0.239 e. The molecule has 0 aliphatic carbocycles. The molecule has 0 bridgehead atoms. The van der Waals surface area contributed by atoms with Gasteiger partial charge < -0.3 is 10.2 Å². The first-order chi connectivity index (χ1) is 7.56. The van der Waals surface area contributed by atoms with E-state index in [-0.39, 0.29) is 11.9 Å². The lowest BCUT2D eigenvalue weighted by Crippen LogP contribution is -2.47. The van der Waals surface area contributed by atoms with E-state index < -0.39 is 0 Å². The lowest BCUT2D eigenvalue weighted by molar-refractivity contribution is -0.132. The summed E-state index contributed by atoms with van der Waals surface area (Å²) in [7, 11) is 0. The number of rotatable bonds is 8. The maximum absolute atomic E-state index is 12.0. The van der Waals surface area contributed by atoms with Crippen LogP contribution in [0, 0.1) is 0 Å². The highest BCUT2D eigenvalue weighted by atomic mass is 16.2. The molecule has 0 aliphatic rings. The van der Waals surface area contributed by atoms with Gasteiger partial charge in [-0.25, -0.2) is 0 Å². The number of nitrogens with zero attached hydrogens (tertiary/aromatic N) is 1. The second kappa shape index (κ2) is 8.57. The molecule has 3 heteroatoms. The number of likely N-dealkylation sites (N-methyl/N-ethyl adjacent to an activating group) is 1. The molecule has 0 rings (SSSR count). The molecule has 0 heterocycles. The first-order valence-electron chi connectivity index (χ1n) is 6.61. The molecule has 0 saturated heterocycles. The van der Waals surface area contributed by atoms with Gasteiger partial charge in [0.15, 0.2) is 0 Å². The lowest BCUT2D eigenvalue weighted by Gasteiger charge is -2.25. The third kappa shape index (κ3) is 5.50. The SMILES string of the molecule is CCCCC(C)NC(C)C(=O)N(CC)CC. The number of carbonyl (C=O) groups is 1. The fourth-order valence-electron chi connectivity index (χ4n) is 1.90. The van der Waals surface area contributed by atoms with E-state index in [1.165, 1.54) is 12.8 Å². The summed E-state index contributed by atoms with van der Waals surface area (Å²) in [6.45, 7) is 11.9. The Hall–Kier alpha value is -0.570. The second-order valence-corrected chi connectivity index (χ2v) is 4.44. The van der Waals surface area contributed by atoms with Gasteiger partial charge >= 0.3 is 0 Å². The zero-order chi connectivity index (χ0) is 12.6. The van der Waals surface area contributed by atoms with Crippen molar-refractivity contribution in [3.63, 3.8) is 0 Å². The van der Waals surface area contributed by atoms with E-state index in [4.69, 9.17) is 0 Å². The van der Waals surface area contributed by atoms with Gasteiger partial charge in [0, 0.05) is 19.1 Å². The van der Waals surface area contributed by atoms with Gasteiger partial charge in [0.05, 0.1) is 6.04 Å². The van der Waals surface area contributed by atoms with E-state index in [0.717, 1.165) is 19.5 Å². The van der Waals surface area contributed by atoms with Gasteiger partial charge in [-0.1, -0.05) is 19.8 Å². The highest BCUT2D eigenvalue weighted by Crippen LogP contribution is 2.02. The van der Waals surface area contributed by atoms with Gasteiger partial charge in [0.2, 0.25) is 5.91 Å². The van der Waals surface area contributed by atoms with Crippen molar-refractivity contribution in [2.45, 2.75) is 66.0 Å². The summed E-state index contributed by atoms with van der Waals surface area (Å²) in [4.78, 5) is 13.9. The predicted molar refractivity (Wildman–Crippen MR) is 69.5 cm³/mol. The molecule has 2 unspecified atom stereocenters. The van der Waals surface area contributed by atoms with Gasteiger partial charge in [-0.3, -0.25) is 4.79 Å². The molecular formula is C13H28N2O. The average Bonchev–Trinajstić information content (AvgIpc) is 2.27. The van der Waals surface area contributed by atoms with Crippen LogP contribution in [-0.2, 0) is 4.79 Å². The Morgan fingerprint density at radius 3 is 2.19 bits per heavy atom. The molecule has 0 aromatic heterocycles. The highest BCUT2D eigenvalue weighted by Gasteiger charge is 2.19. The summed E-state index contributed by atoms with van der Waals surface area (Å²) >= 11 is 0. The van der Waals surface area contributed by atoms with Gasteiger partial charge in [0.25, 0.3) is 0 Å². The maximum atomic E-state index is 12.0. The topological polar surface area (TPSA) is 32.3 Å². The Bertz CT molecular complexity index is 190. The molecule has 1 N–H and O–H groups in total. The Kier molecular flexibility index (Phi) is 8.26. The minimum absolute atomic E-state index is 0.0632. The van der Waals surface area contributed by atoms with Gasteiger partial charge in [-0.15, -0.1) is 0 Å². The number of carbonyl (C=O) groups excluding carboxylic acids is 1. The summed E-state index contributed by atoms with van der Waals surface area (Å²) in [6, 6.07) is 0.362. The number of hydrogen-bond donors (Lipinski definition) is 1. The van der Waals surface area contributed by atoms with Crippen LogP contribution in [0.4, 0.5) is 0 Å². The molecular weight excluding hydrogens is 200 g/mol. The van der Waals surface area contributed by atoms with E-state index in [0.29, 0.717) is 6.04 Å². The highest BCUT2D eigenvalue weighted by molar-refractivity contribution is 5.81. The van der Waals surface area contributed by atoms with Crippen molar-refractivity contribution in [2.75, 3.05) is 13.1 Å². The van der Waals surface area contributed by atoms with E-state index in [2.05, 4.69) is 19.2 Å². The summed E-state index contributed by atoms with van der Waals surface area (Å²) in [5, 5.41) is 3.37. The minimum Gasteiger partial charge on any atom is -0.342 e. The van der Waals surface area contributed by atoms with Crippen LogP contribution in [-0.4, -0.2) is 36.0 Å². The molecule has 1 amide bonds. The van der Waals surface area contributed by atoms with Crippen molar-refractivity contribution < 1.29 is 4.79 Å². The van der Waals surface area contributed by atoms with Crippen LogP contribution in [0.1, 0.15) is 53.9 Å². The molecule has 0 aromatic carbocycles. The van der Waals surface area contributed by atoms with E-state index in [1.54, 1.807) is 0 Å². The van der Waals surface area contributed by atoms with E-state index in [9.17, 15) is 4.79 Å². The van der Waals surface area contributed by atoms with Crippen LogP contribution < -0.4 is 5.32 Å². The summed E-state index contributed by atoms with van der Waals surface area (Å²) in [6.07, 6.45) is 3.58. The predicted octanol–water partition coefficient (Wildman–Crippen LogP) is 2.41. The molecule has 0 aromatic rings. The van der Waals surface area contributed by atoms with Crippen molar-refractivity contribution >= 4 is 5.91 Å². The number of unbranched alkanes of at least 4 members (excludes halogenated alkanes) is 1. The van der Waals surface area contributed by atoms with Crippen LogP contribution in [0.25, 0.3) is 0 Å². The molecule has 3 nitrogen and oxygen atoms in total. The van der Waals surface area contributed by atoms with Crippen molar-refractivity contribution in [3.05, 3.63) is 0 Å². The molecule has 0 aliphatic heterocycles. The number of amides is 1. The van der Waals surface area contributed by atoms with Crippen LogP contribution in [0.15, 0.2) is 0 Å². The van der Waals surface area contributed by atoms with Gasteiger partial charge in [-0.05, 0) is 34.1 Å². The Morgan fingerprint density at radius 2 is 1.75 bits per heavy atom. The molecule has 2 atom stereocenters. The Morgan fingerprint density at radius 1 is 1.19 bits per heavy atom. The van der Waals surface area contributed by atoms with Gasteiger partial charge in [-0.2, -0.15) is 0 Å². The summed E-state index contributed by atoms with van der Waals surface area (Å²) < 4.78 is 0. The first-order valence-corrected chi connectivity index (χ1v) is 6.61. The van der Waals surface area contributed by atoms with Crippen LogP contribution in [0.5, 0.6) is 0 Å². The minimum atomic E-state index is -0.0632. The van der Waals surface area contributed by atoms with Crippen molar-refractivity contribution in [1.29, 1.82) is 0 Å². The van der Waals surface area contributed by atoms with E-state index >= 15 is 0 Å². The van der Waals surface area contributed by atoms with E-state index in [1.807, 2.05) is 25.7 Å². The maximum Gasteiger partial charge on any atom is 0.239 e. The van der Waals surface area contributed by atoms with Crippen LogP contribution >= 0.6 is 0 Å². The average molecular weight is 228 g/mol. The van der Waals surface area contributed by atoms with Crippen LogP contribution in [0.3, 0.4) is 0 Å². The zero-order valence-electron chi connectivity index (χ0n) is 11.5. The third-order valence-corrected chi connectivity index (χ3v) is 2.97. The molecule has 96 valence electrons. The third-order valence-electron chi connectivity index (χ3n) is 2.97. The summed E-state index contributed by atoms with van der Waals surface area (Å²) in [5.74, 6) is 0.216.